The van der Waals surface area contributed by atoms with E-state index in [9.17, 15) is 14.4 Å². The summed E-state index contributed by atoms with van der Waals surface area (Å²) >= 11 is 0. The van der Waals surface area contributed by atoms with Crippen molar-refractivity contribution < 1.29 is 19.1 Å². The summed E-state index contributed by atoms with van der Waals surface area (Å²) in [5.41, 5.74) is 2.03. The van der Waals surface area contributed by atoms with E-state index < -0.39 is 12.6 Å². The van der Waals surface area contributed by atoms with Gasteiger partial charge in [-0.2, -0.15) is 5.10 Å². The molecular weight excluding hydrogens is 398 g/mol. The molecule has 3 aromatic rings. The van der Waals surface area contributed by atoms with E-state index in [1.165, 1.54) is 7.05 Å². The van der Waals surface area contributed by atoms with Crippen molar-refractivity contribution in [2.45, 2.75) is 39.3 Å². The number of aryl methyl sites for hydroxylation is 2. The van der Waals surface area contributed by atoms with Crippen LogP contribution in [0.3, 0.4) is 0 Å². The summed E-state index contributed by atoms with van der Waals surface area (Å²) in [6, 6.07) is 8.52. The molecule has 2 aromatic heterocycles. The number of esters is 1. The normalized spacial score (nSPS) is 16.0. The summed E-state index contributed by atoms with van der Waals surface area (Å²) in [5, 5.41) is 4.82. The van der Waals surface area contributed by atoms with Crippen molar-refractivity contribution in [3.05, 3.63) is 63.3 Å². The van der Waals surface area contributed by atoms with Gasteiger partial charge in [0.25, 0.3) is 5.56 Å². The number of aromatic nitrogens is 3. The molecule has 0 bridgehead atoms. The quantitative estimate of drug-likeness (QED) is 0.447. The Balaban J connectivity index is 1.51. The lowest BCUT2D eigenvalue weighted by Crippen LogP contribution is -2.24. The van der Waals surface area contributed by atoms with Crippen LogP contribution in [0.4, 0.5) is 0 Å². The van der Waals surface area contributed by atoms with Gasteiger partial charge >= 0.3 is 5.97 Å². The van der Waals surface area contributed by atoms with Crippen molar-refractivity contribution in [2.75, 3.05) is 13.2 Å². The smallest absolute Gasteiger partial charge is 0.359 e. The number of Topliss-reactive ketones (excluding diaryl/α,β-unsaturated/α-hetero) is 1. The van der Waals surface area contributed by atoms with Gasteiger partial charge in [-0.1, -0.05) is 18.2 Å². The van der Waals surface area contributed by atoms with Crippen molar-refractivity contribution in [1.82, 2.24) is 14.3 Å². The monoisotopic (exact) mass is 423 g/mol. The van der Waals surface area contributed by atoms with E-state index in [0.29, 0.717) is 22.9 Å². The molecule has 8 nitrogen and oxygen atoms in total. The number of carbonyl (C=O) groups is 2. The number of carbonyl (C=O) groups excluding carboxylic acids is 2. The summed E-state index contributed by atoms with van der Waals surface area (Å²) in [6.07, 6.45) is 2.23. The highest BCUT2D eigenvalue weighted by molar-refractivity contribution is 6.04. The molecule has 0 spiro atoms. The first-order chi connectivity index (χ1) is 14.9. The molecule has 8 heteroatoms. The third kappa shape index (κ3) is 4.03. The zero-order valence-electron chi connectivity index (χ0n) is 17.9. The van der Waals surface area contributed by atoms with Crippen molar-refractivity contribution in [3.8, 4) is 0 Å². The fourth-order valence-electron chi connectivity index (χ4n) is 4.08. The van der Waals surface area contributed by atoms with Gasteiger partial charge in [0.05, 0.1) is 11.5 Å². The standard InChI is InChI=1S/C23H25N3O5/c1-14-11-19(15(2)26(14)12-16-7-6-10-30-16)20(27)13-31-23(29)21-17-8-4-5-9-18(17)22(28)25(3)24-21/h4-5,8-9,11,16H,6-7,10,12-13H2,1-3H3/t16-/m1/s1. The predicted molar refractivity (Wildman–Crippen MR) is 114 cm³/mol. The van der Waals surface area contributed by atoms with Crippen LogP contribution in [0.5, 0.6) is 0 Å². The first-order valence-electron chi connectivity index (χ1n) is 10.3. The molecule has 0 aliphatic carbocycles. The summed E-state index contributed by atoms with van der Waals surface area (Å²) in [5.74, 6) is -1.03. The van der Waals surface area contributed by atoms with Gasteiger partial charge in [-0.15, -0.1) is 0 Å². The average Bonchev–Trinajstić information content (AvgIpc) is 3.38. The highest BCUT2D eigenvalue weighted by Crippen LogP contribution is 2.21. The number of hydrogen-bond donors (Lipinski definition) is 0. The fourth-order valence-corrected chi connectivity index (χ4v) is 4.08. The molecule has 1 saturated heterocycles. The summed E-state index contributed by atoms with van der Waals surface area (Å²) in [7, 11) is 1.47. The maximum absolute atomic E-state index is 12.8. The van der Waals surface area contributed by atoms with Gasteiger partial charge in [-0.25, -0.2) is 9.48 Å². The van der Waals surface area contributed by atoms with Gasteiger partial charge < -0.3 is 14.0 Å². The van der Waals surface area contributed by atoms with Crippen LogP contribution < -0.4 is 5.56 Å². The second-order valence-electron chi connectivity index (χ2n) is 7.85. The Bertz CT molecular complexity index is 1220. The number of fused-ring (bicyclic) bond motifs is 1. The number of ether oxygens (including phenoxy) is 2. The average molecular weight is 423 g/mol. The minimum absolute atomic E-state index is 0.00866. The van der Waals surface area contributed by atoms with Crippen molar-refractivity contribution in [2.24, 2.45) is 7.05 Å². The van der Waals surface area contributed by atoms with Gasteiger partial charge in [0.2, 0.25) is 5.78 Å². The van der Waals surface area contributed by atoms with E-state index in [2.05, 4.69) is 9.67 Å². The summed E-state index contributed by atoms with van der Waals surface area (Å²) in [6.45, 7) is 4.92. The second-order valence-corrected chi connectivity index (χ2v) is 7.85. The van der Waals surface area contributed by atoms with Crippen molar-refractivity contribution >= 4 is 22.5 Å². The molecule has 31 heavy (non-hydrogen) atoms. The molecule has 1 atom stereocenters. The molecule has 1 aliphatic heterocycles. The lowest BCUT2D eigenvalue weighted by molar-refractivity contribution is 0.0468. The Labute approximate surface area is 179 Å². The third-order valence-corrected chi connectivity index (χ3v) is 5.77. The third-order valence-electron chi connectivity index (χ3n) is 5.77. The Morgan fingerprint density at radius 1 is 1.23 bits per heavy atom. The molecule has 0 unspecified atom stereocenters. The van der Waals surface area contributed by atoms with Crippen LogP contribution in [0.25, 0.3) is 10.8 Å². The van der Waals surface area contributed by atoms with E-state index in [0.717, 1.165) is 35.5 Å². The maximum atomic E-state index is 12.8. The number of ketones is 1. The minimum Gasteiger partial charge on any atom is -0.452 e. The van der Waals surface area contributed by atoms with E-state index in [4.69, 9.17) is 9.47 Å². The van der Waals surface area contributed by atoms with Gasteiger partial charge in [0.15, 0.2) is 12.3 Å². The zero-order valence-corrected chi connectivity index (χ0v) is 17.9. The number of rotatable bonds is 6. The van der Waals surface area contributed by atoms with Gasteiger partial charge in [0.1, 0.15) is 0 Å². The fraction of sp³-hybridized carbons (Fsp3) is 0.391. The molecule has 0 N–H and O–H groups in total. The highest BCUT2D eigenvalue weighted by Gasteiger charge is 2.23. The van der Waals surface area contributed by atoms with E-state index in [1.807, 2.05) is 19.9 Å². The molecule has 0 radical (unpaired) electrons. The molecule has 0 saturated carbocycles. The van der Waals surface area contributed by atoms with E-state index in [-0.39, 0.29) is 23.1 Å². The molecule has 1 aliphatic rings. The lowest BCUT2D eigenvalue weighted by atomic mass is 10.1. The van der Waals surface area contributed by atoms with Crippen LogP contribution >= 0.6 is 0 Å². The predicted octanol–water partition coefficient (Wildman–Crippen LogP) is 2.57. The molecule has 4 rings (SSSR count). The Kier molecular flexibility index (Phi) is 5.73. The number of benzene rings is 1. The summed E-state index contributed by atoms with van der Waals surface area (Å²) in [4.78, 5) is 37.7. The highest BCUT2D eigenvalue weighted by atomic mass is 16.5. The van der Waals surface area contributed by atoms with E-state index >= 15 is 0 Å². The first-order valence-corrected chi connectivity index (χ1v) is 10.3. The Hall–Kier alpha value is -3.26. The largest absolute Gasteiger partial charge is 0.452 e. The molecular formula is C23H25N3O5. The molecule has 162 valence electrons. The van der Waals surface area contributed by atoms with Crippen molar-refractivity contribution in [1.29, 1.82) is 0 Å². The minimum atomic E-state index is -0.742. The summed E-state index contributed by atoms with van der Waals surface area (Å²) < 4.78 is 14.2. The van der Waals surface area contributed by atoms with Crippen LogP contribution in [-0.4, -0.2) is 45.4 Å². The Morgan fingerprint density at radius 2 is 1.97 bits per heavy atom. The SMILES string of the molecule is Cc1cc(C(=O)COC(=O)c2nn(C)c(=O)c3ccccc23)c(C)n1C[C@H]1CCCO1. The van der Waals surface area contributed by atoms with E-state index in [1.54, 1.807) is 24.3 Å². The van der Waals surface area contributed by atoms with Gasteiger partial charge in [-0.3, -0.25) is 9.59 Å². The van der Waals surface area contributed by atoms with Crippen LogP contribution in [0.2, 0.25) is 0 Å². The van der Waals surface area contributed by atoms with Crippen LogP contribution in [0.15, 0.2) is 35.1 Å². The maximum Gasteiger partial charge on any atom is 0.359 e. The first kappa shape index (κ1) is 21.0. The van der Waals surface area contributed by atoms with Gasteiger partial charge in [-0.05, 0) is 38.8 Å². The van der Waals surface area contributed by atoms with Crippen LogP contribution in [-0.2, 0) is 23.1 Å². The number of nitrogens with zero attached hydrogens (tertiary/aromatic N) is 3. The topological polar surface area (TPSA) is 92.4 Å². The second kappa shape index (κ2) is 8.47. The molecule has 1 aromatic carbocycles. The zero-order chi connectivity index (χ0) is 22.1. The molecule has 3 heterocycles. The van der Waals surface area contributed by atoms with Crippen LogP contribution in [0, 0.1) is 13.8 Å². The van der Waals surface area contributed by atoms with Crippen LogP contribution in [0.1, 0.15) is 45.1 Å². The Morgan fingerprint density at radius 3 is 2.68 bits per heavy atom. The lowest BCUT2D eigenvalue weighted by Gasteiger charge is -2.14. The molecule has 0 amide bonds. The van der Waals surface area contributed by atoms with Crippen molar-refractivity contribution in [3.63, 3.8) is 0 Å². The van der Waals surface area contributed by atoms with Gasteiger partial charge in [0, 0.05) is 42.5 Å². The number of hydrogen-bond acceptors (Lipinski definition) is 6. The molecule has 1 fully saturated rings.